The average molecular weight is 342 g/mol. The van der Waals surface area contributed by atoms with E-state index in [1.54, 1.807) is 29.2 Å². The lowest BCUT2D eigenvalue weighted by atomic mass is 10.1. The normalized spacial score (nSPS) is 17.2. The largest absolute Gasteiger partial charge is 0.375 e. The minimum absolute atomic E-state index is 0.0301. The van der Waals surface area contributed by atoms with Crippen molar-refractivity contribution in [3.63, 3.8) is 0 Å². The van der Waals surface area contributed by atoms with Crippen molar-refractivity contribution in [2.45, 2.75) is 13.0 Å². The number of hydrogen-bond donors (Lipinski definition) is 1. The van der Waals surface area contributed by atoms with Crippen molar-refractivity contribution in [2.75, 3.05) is 25.0 Å². The summed E-state index contributed by atoms with van der Waals surface area (Å²) in [6.07, 6.45) is 0.0301. The predicted molar refractivity (Wildman–Crippen MR) is 92.1 cm³/mol. The van der Waals surface area contributed by atoms with Gasteiger partial charge >= 0.3 is 0 Å². The number of nitrogens with one attached hydrogen (secondary N) is 1. The lowest BCUT2D eigenvalue weighted by molar-refractivity contribution is -0.0124. The molecule has 5 nitrogen and oxygen atoms in total. The Morgan fingerprint density at radius 3 is 2.60 bits per heavy atom. The average Bonchev–Trinajstić information content (AvgIpc) is 2.62. The maximum absolute atomic E-state index is 13.2. The number of hydrogen-bond acceptors (Lipinski definition) is 3. The van der Waals surface area contributed by atoms with Gasteiger partial charge in [0.05, 0.1) is 12.7 Å². The molecule has 1 N–H and O–H groups in total. The van der Waals surface area contributed by atoms with Crippen LogP contribution < -0.4 is 5.32 Å². The third-order valence-electron chi connectivity index (χ3n) is 4.00. The molecule has 0 bridgehead atoms. The zero-order valence-electron chi connectivity index (χ0n) is 13.9. The Balaban J connectivity index is 1.65. The summed E-state index contributed by atoms with van der Waals surface area (Å²) in [7, 11) is 0. The lowest BCUT2D eigenvalue weighted by Crippen LogP contribution is -2.44. The number of rotatable bonds is 3. The van der Waals surface area contributed by atoms with E-state index in [2.05, 4.69) is 5.32 Å². The van der Waals surface area contributed by atoms with Crippen LogP contribution in [0.5, 0.6) is 0 Å². The van der Waals surface area contributed by atoms with Gasteiger partial charge < -0.3 is 15.0 Å². The van der Waals surface area contributed by atoms with E-state index in [0.717, 1.165) is 0 Å². The first kappa shape index (κ1) is 17.1. The summed E-state index contributed by atoms with van der Waals surface area (Å²) < 4.78 is 18.6. The van der Waals surface area contributed by atoms with E-state index in [9.17, 15) is 14.0 Å². The van der Waals surface area contributed by atoms with Crippen LogP contribution in [0.1, 0.15) is 27.6 Å². The van der Waals surface area contributed by atoms with Gasteiger partial charge in [-0.15, -0.1) is 0 Å². The van der Waals surface area contributed by atoms with E-state index in [1.807, 2.05) is 6.92 Å². The number of benzene rings is 2. The van der Waals surface area contributed by atoms with Gasteiger partial charge in [-0.05, 0) is 49.4 Å². The fraction of sp³-hybridized carbons (Fsp3) is 0.263. The zero-order valence-corrected chi connectivity index (χ0v) is 13.9. The smallest absolute Gasteiger partial charge is 0.255 e. The standard InChI is InChI=1S/C19H19FN2O3/c1-13-12-22(9-10-25-13)19(24)14-5-7-17(8-6-14)21-18(23)15-3-2-4-16(20)11-15/h2-8,11,13H,9-10,12H2,1H3,(H,21,23). The van der Waals surface area contributed by atoms with Gasteiger partial charge in [-0.1, -0.05) is 6.07 Å². The molecule has 2 aromatic rings. The van der Waals surface area contributed by atoms with Crippen LogP contribution in [0.25, 0.3) is 0 Å². The van der Waals surface area contributed by atoms with E-state index in [-0.39, 0.29) is 17.6 Å². The van der Waals surface area contributed by atoms with E-state index in [4.69, 9.17) is 4.74 Å². The molecular formula is C19H19FN2O3. The van der Waals surface area contributed by atoms with Crippen molar-refractivity contribution in [1.29, 1.82) is 0 Å². The molecule has 130 valence electrons. The fourth-order valence-corrected chi connectivity index (χ4v) is 2.71. The maximum atomic E-state index is 13.2. The predicted octanol–water partition coefficient (Wildman–Crippen LogP) is 2.94. The van der Waals surface area contributed by atoms with Gasteiger partial charge in [-0.2, -0.15) is 0 Å². The van der Waals surface area contributed by atoms with Crippen LogP contribution in [-0.2, 0) is 4.74 Å². The Morgan fingerprint density at radius 1 is 1.16 bits per heavy atom. The van der Waals surface area contributed by atoms with Crippen LogP contribution in [-0.4, -0.2) is 42.5 Å². The second-order valence-electron chi connectivity index (χ2n) is 5.97. The number of anilines is 1. The molecule has 1 heterocycles. The number of amides is 2. The van der Waals surface area contributed by atoms with Gasteiger partial charge in [-0.25, -0.2) is 4.39 Å². The molecule has 3 rings (SSSR count). The SMILES string of the molecule is CC1CN(C(=O)c2ccc(NC(=O)c3cccc(F)c3)cc2)CCO1. The third kappa shape index (κ3) is 4.22. The number of nitrogens with zero attached hydrogens (tertiary/aromatic N) is 1. The highest BCUT2D eigenvalue weighted by atomic mass is 19.1. The molecule has 1 aliphatic heterocycles. The minimum Gasteiger partial charge on any atom is -0.375 e. The molecule has 0 aliphatic carbocycles. The van der Waals surface area contributed by atoms with Crippen LogP contribution in [0.4, 0.5) is 10.1 Å². The molecule has 1 atom stereocenters. The monoisotopic (exact) mass is 342 g/mol. The van der Waals surface area contributed by atoms with E-state index in [0.29, 0.717) is 30.9 Å². The van der Waals surface area contributed by atoms with Crippen LogP contribution in [0.3, 0.4) is 0 Å². The van der Waals surface area contributed by atoms with E-state index >= 15 is 0 Å². The summed E-state index contributed by atoms with van der Waals surface area (Å²) in [4.78, 5) is 26.3. The number of morpholine rings is 1. The zero-order chi connectivity index (χ0) is 17.8. The Hall–Kier alpha value is -2.73. The number of carbonyl (C=O) groups excluding carboxylic acids is 2. The number of carbonyl (C=O) groups is 2. The summed E-state index contributed by atoms with van der Waals surface area (Å²) in [6, 6.07) is 12.1. The van der Waals surface area contributed by atoms with Crippen LogP contribution >= 0.6 is 0 Å². The number of halogens is 1. The second-order valence-corrected chi connectivity index (χ2v) is 5.97. The summed E-state index contributed by atoms with van der Waals surface area (Å²) in [6.45, 7) is 3.61. The highest BCUT2D eigenvalue weighted by Crippen LogP contribution is 2.15. The molecule has 0 aromatic heterocycles. The Bertz CT molecular complexity index is 776. The molecule has 1 saturated heterocycles. The Morgan fingerprint density at radius 2 is 1.92 bits per heavy atom. The molecule has 2 aromatic carbocycles. The van der Waals surface area contributed by atoms with Crippen LogP contribution in [0, 0.1) is 5.82 Å². The molecule has 1 aliphatic rings. The van der Waals surface area contributed by atoms with Crippen molar-refractivity contribution in [3.05, 3.63) is 65.5 Å². The molecule has 6 heteroatoms. The highest BCUT2D eigenvalue weighted by molar-refractivity contribution is 6.04. The molecule has 0 spiro atoms. The van der Waals surface area contributed by atoms with Gasteiger partial charge in [0.15, 0.2) is 0 Å². The summed E-state index contributed by atoms with van der Waals surface area (Å²) in [5.74, 6) is -0.924. The molecule has 0 saturated carbocycles. The molecule has 2 amide bonds. The maximum Gasteiger partial charge on any atom is 0.255 e. The first-order valence-electron chi connectivity index (χ1n) is 8.11. The Kier molecular flexibility index (Phi) is 5.09. The fourth-order valence-electron chi connectivity index (χ4n) is 2.71. The Labute approximate surface area is 145 Å². The summed E-state index contributed by atoms with van der Waals surface area (Å²) in [5.41, 5.74) is 1.33. The van der Waals surface area contributed by atoms with Crippen molar-refractivity contribution in [3.8, 4) is 0 Å². The van der Waals surface area contributed by atoms with Gasteiger partial charge in [-0.3, -0.25) is 9.59 Å². The van der Waals surface area contributed by atoms with Gasteiger partial charge in [0.2, 0.25) is 0 Å². The van der Waals surface area contributed by atoms with Crippen LogP contribution in [0.15, 0.2) is 48.5 Å². The minimum atomic E-state index is -0.465. The van der Waals surface area contributed by atoms with Crippen molar-refractivity contribution >= 4 is 17.5 Å². The van der Waals surface area contributed by atoms with E-state index in [1.165, 1.54) is 24.3 Å². The van der Waals surface area contributed by atoms with Gasteiger partial charge in [0, 0.05) is 29.9 Å². The summed E-state index contributed by atoms with van der Waals surface area (Å²) in [5, 5.41) is 2.69. The van der Waals surface area contributed by atoms with Gasteiger partial charge in [0.1, 0.15) is 5.82 Å². The first-order valence-corrected chi connectivity index (χ1v) is 8.11. The van der Waals surface area contributed by atoms with Gasteiger partial charge in [0.25, 0.3) is 11.8 Å². The third-order valence-corrected chi connectivity index (χ3v) is 4.00. The quantitative estimate of drug-likeness (QED) is 0.933. The molecule has 1 unspecified atom stereocenters. The molecule has 1 fully saturated rings. The molecule has 25 heavy (non-hydrogen) atoms. The lowest BCUT2D eigenvalue weighted by Gasteiger charge is -2.31. The van der Waals surface area contributed by atoms with Crippen molar-refractivity contribution in [1.82, 2.24) is 4.90 Å². The van der Waals surface area contributed by atoms with Crippen molar-refractivity contribution < 1.29 is 18.7 Å². The first-order chi connectivity index (χ1) is 12.0. The van der Waals surface area contributed by atoms with Crippen LogP contribution in [0.2, 0.25) is 0 Å². The second kappa shape index (κ2) is 7.44. The topological polar surface area (TPSA) is 58.6 Å². The van der Waals surface area contributed by atoms with E-state index < -0.39 is 11.7 Å². The number of ether oxygens (including phenoxy) is 1. The van der Waals surface area contributed by atoms with Crippen molar-refractivity contribution in [2.24, 2.45) is 0 Å². The molecular weight excluding hydrogens is 323 g/mol. The molecule has 0 radical (unpaired) electrons. The summed E-state index contributed by atoms with van der Waals surface area (Å²) >= 11 is 0. The highest BCUT2D eigenvalue weighted by Gasteiger charge is 2.22.